The minimum atomic E-state index is 0.123. The van der Waals surface area contributed by atoms with Gasteiger partial charge >= 0.3 is 0 Å². The molecule has 25 heavy (non-hydrogen) atoms. The number of amides is 1. The molecule has 0 atom stereocenters. The van der Waals surface area contributed by atoms with Crippen LogP contribution in [-0.4, -0.2) is 56.2 Å². The second-order valence-electron chi connectivity index (χ2n) is 5.93. The normalized spacial score (nSPS) is 14.3. The van der Waals surface area contributed by atoms with E-state index in [1.54, 1.807) is 26.6 Å². The van der Waals surface area contributed by atoms with Gasteiger partial charge < -0.3 is 19.3 Å². The second-order valence-corrected chi connectivity index (χ2v) is 5.93. The molecular formula is C19H23N3O3. The van der Waals surface area contributed by atoms with Crippen molar-refractivity contribution < 1.29 is 14.3 Å². The van der Waals surface area contributed by atoms with Crippen LogP contribution in [0, 0.1) is 0 Å². The summed E-state index contributed by atoms with van der Waals surface area (Å²) in [6, 6.07) is 9.55. The summed E-state index contributed by atoms with van der Waals surface area (Å²) >= 11 is 0. The fourth-order valence-corrected chi connectivity index (χ4v) is 3.04. The van der Waals surface area contributed by atoms with Gasteiger partial charge in [0.15, 0.2) is 0 Å². The van der Waals surface area contributed by atoms with E-state index in [9.17, 15) is 4.79 Å². The molecule has 6 heteroatoms. The number of carbonyl (C=O) groups is 1. The van der Waals surface area contributed by atoms with Gasteiger partial charge in [-0.1, -0.05) is 6.07 Å². The summed E-state index contributed by atoms with van der Waals surface area (Å²) in [6.07, 6.45) is 3.92. The Bertz CT molecular complexity index is 713. The van der Waals surface area contributed by atoms with Gasteiger partial charge in [-0.25, -0.2) is 0 Å². The molecule has 3 rings (SSSR count). The minimum absolute atomic E-state index is 0.123. The third-order valence-corrected chi connectivity index (χ3v) is 4.50. The Hall–Kier alpha value is -2.76. The summed E-state index contributed by atoms with van der Waals surface area (Å²) in [5.74, 6) is 1.53. The fraction of sp³-hybridized carbons (Fsp3) is 0.368. The summed E-state index contributed by atoms with van der Waals surface area (Å²) in [4.78, 5) is 20.9. The fourth-order valence-electron chi connectivity index (χ4n) is 3.04. The van der Waals surface area contributed by atoms with Crippen molar-refractivity contribution in [3.63, 3.8) is 0 Å². The molecule has 1 aromatic carbocycles. The maximum atomic E-state index is 12.6. The summed E-state index contributed by atoms with van der Waals surface area (Å²) in [5, 5.41) is 0. The van der Waals surface area contributed by atoms with Crippen LogP contribution < -0.4 is 14.4 Å². The Morgan fingerprint density at radius 1 is 1.04 bits per heavy atom. The molecule has 1 aliphatic rings. The van der Waals surface area contributed by atoms with Gasteiger partial charge in [0.1, 0.15) is 11.5 Å². The SMILES string of the molecule is COc1ccc(CC(=O)N2CCN(c3ccncc3)CC2)c(OC)c1. The number of methoxy groups -OCH3 is 2. The minimum Gasteiger partial charge on any atom is -0.497 e. The molecule has 1 aromatic heterocycles. The van der Waals surface area contributed by atoms with Gasteiger partial charge in [0, 0.05) is 55.9 Å². The van der Waals surface area contributed by atoms with Crippen LogP contribution in [0.1, 0.15) is 5.56 Å². The van der Waals surface area contributed by atoms with Gasteiger partial charge in [-0.05, 0) is 18.2 Å². The lowest BCUT2D eigenvalue weighted by atomic mass is 10.1. The molecule has 0 N–H and O–H groups in total. The number of hydrogen-bond donors (Lipinski definition) is 0. The Labute approximate surface area is 148 Å². The lowest BCUT2D eigenvalue weighted by molar-refractivity contribution is -0.130. The average molecular weight is 341 g/mol. The van der Waals surface area contributed by atoms with Crippen molar-refractivity contribution in [3.8, 4) is 11.5 Å². The second kappa shape index (κ2) is 7.88. The number of anilines is 1. The van der Waals surface area contributed by atoms with Crippen molar-refractivity contribution >= 4 is 11.6 Å². The molecule has 6 nitrogen and oxygen atoms in total. The summed E-state index contributed by atoms with van der Waals surface area (Å²) in [5.41, 5.74) is 2.03. The zero-order valence-electron chi connectivity index (χ0n) is 14.6. The van der Waals surface area contributed by atoms with E-state index in [-0.39, 0.29) is 5.91 Å². The van der Waals surface area contributed by atoms with Gasteiger partial charge in [-0.15, -0.1) is 0 Å². The van der Waals surface area contributed by atoms with Crippen LogP contribution in [0.15, 0.2) is 42.7 Å². The number of nitrogens with zero attached hydrogens (tertiary/aromatic N) is 3. The zero-order chi connectivity index (χ0) is 17.6. The Balaban J connectivity index is 1.60. The standard InChI is InChI=1S/C19H23N3O3/c1-24-17-4-3-15(18(14-17)25-2)13-19(23)22-11-9-21(10-12-22)16-5-7-20-8-6-16/h3-8,14H,9-13H2,1-2H3. The molecule has 0 spiro atoms. The lowest BCUT2D eigenvalue weighted by Crippen LogP contribution is -2.49. The van der Waals surface area contributed by atoms with Crippen LogP contribution in [0.5, 0.6) is 11.5 Å². The molecule has 1 aliphatic heterocycles. The quantitative estimate of drug-likeness (QED) is 0.832. The first kappa shape index (κ1) is 17.1. The van der Waals surface area contributed by atoms with Gasteiger partial charge in [-0.3, -0.25) is 9.78 Å². The van der Waals surface area contributed by atoms with Crippen molar-refractivity contribution in [1.29, 1.82) is 0 Å². The van der Waals surface area contributed by atoms with Crippen molar-refractivity contribution in [1.82, 2.24) is 9.88 Å². The van der Waals surface area contributed by atoms with Crippen LogP contribution in [0.25, 0.3) is 0 Å². The zero-order valence-corrected chi connectivity index (χ0v) is 14.6. The van der Waals surface area contributed by atoms with Crippen LogP contribution >= 0.6 is 0 Å². The van der Waals surface area contributed by atoms with Gasteiger partial charge in [0.2, 0.25) is 5.91 Å². The third-order valence-electron chi connectivity index (χ3n) is 4.50. The molecule has 1 saturated heterocycles. The first-order chi connectivity index (χ1) is 12.2. The highest BCUT2D eigenvalue weighted by Crippen LogP contribution is 2.25. The maximum absolute atomic E-state index is 12.6. The number of ether oxygens (including phenoxy) is 2. The number of piperazine rings is 1. The predicted molar refractivity (Wildman–Crippen MR) is 96.3 cm³/mol. The molecule has 2 aromatic rings. The predicted octanol–water partition coefficient (Wildman–Crippen LogP) is 1.99. The van der Waals surface area contributed by atoms with E-state index in [0.29, 0.717) is 12.2 Å². The van der Waals surface area contributed by atoms with E-state index in [2.05, 4.69) is 9.88 Å². The summed E-state index contributed by atoms with van der Waals surface area (Å²) in [7, 11) is 3.22. The monoisotopic (exact) mass is 341 g/mol. The molecule has 0 radical (unpaired) electrons. The van der Waals surface area contributed by atoms with E-state index in [1.165, 1.54) is 0 Å². The van der Waals surface area contributed by atoms with Crippen LogP contribution in [-0.2, 0) is 11.2 Å². The van der Waals surface area contributed by atoms with Gasteiger partial charge in [0.05, 0.1) is 20.6 Å². The number of aromatic nitrogens is 1. The Kier molecular flexibility index (Phi) is 5.38. The van der Waals surface area contributed by atoms with Crippen molar-refractivity contribution in [3.05, 3.63) is 48.3 Å². The topological polar surface area (TPSA) is 54.9 Å². The molecule has 0 unspecified atom stereocenters. The third kappa shape index (κ3) is 4.02. The largest absolute Gasteiger partial charge is 0.497 e. The maximum Gasteiger partial charge on any atom is 0.227 e. The van der Waals surface area contributed by atoms with Crippen molar-refractivity contribution in [2.45, 2.75) is 6.42 Å². The highest BCUT2D eigenvalue weighted by Gasteiger charge is 2.22. The highest BCUT2D eigenvalue weighted by molar-refractivity contribution is 5.80. The van der Waals surface area contributed by atoms with Crippen molar-refractivity contribution in [2.24, 2.45) is 0 Å². The number of hydrogen-bond acceptors (Lipinski definition) is 5. The lowest BCUT2D eigenvalue weighted by Gasteiger charge is -2.36. The molecule has 0 aliphatic carbocycles. The first-order valence-corrected chi connectivity index (χ1v) is 8.35. The van der Waals surface area contributed by atoms with Crippen LogP contribution in [0.4, 0.5) is 5.69 Å². The first-order valence-electron chi connectivity index (χ1n) is 8.35. The molecule has 2 heterocycles. The molecular weight excluding hydrogens is 318 g/mol. The molecule has 1 fully saturated rings. The Morgan fingerprint density at radius 3 is 2.40 bits per heavy atom. The number of rotatable bonds is 5. The van der Waals surface area contributed by atoms with Crippen molar-refractivity contribution in [2.75, 3.05) is 45.3 Å². The molecule has 132 valence electrons. The summed E-state index contributed by atoms with van der Waals surface area (Å²) in [6.45, 7) is 3.10. The average Bonchev–Trinajstić information content (AvgIpc) is 2.69. The number of carbonyl (C=O) groups excluding carboxylic acids is 1. The van der Waals surface area contributed by atoms with Gasteiger partial charge in [0.25, 0.3) is 0 Å². The number of pyridine rings is 1. The smallest absolute Gasteiger partial charge is 0.227 e. The van der Waals surface area contributed by atoms with E-state index in [0.717, 1.165) is 43.2 Å². The Morgan fingerprint density at radius 2 is 1.76 bits per heavy atom. The van der Waals surface area contributed by atoms with Gasteiger partial charge in [-0.2, -0.15) is 0 Å². The van der Waals surface area contributed by atoms with E-state index in [1.807, 2.05) is 35.2 Å². The highest BCUT2D eigenvalue weighted by atomic mass is 16.5. The number of benzene rings is 1. The van der Waals surface area contributed by atoms with E-state index in [4.69, 9.17) is 9.47 Å². The van der Waals surface area contributed by atoms with Crippen LogP contribution in [0.3, 0.4) is 0 Å². The molecule has 0 bridgehead atoms. The molecule has 0 saturated carbocycles. The van der Waals surface area contributed by atoms with E-state index < -0.39 is 0 Å². The van der Waals surface area contributed by atoms with E-state index >= 15 is 0 Å². The molecule has 1 amide bonds. The van der Waals surface area contributed by atoms with Crippen LogP contribution in [0.2, 0.25) is 0 Å². The summed E-state index contributed by atoms with van der Waals surface area (Å²) < 4.78 is 10.6.